The normalized spacial score (nSPS) is 16.1. The lowest BCUT2D eigenvalue weighted by Gasteiger charge is -1.92. The predicted octanol–water partition coefficient (Wildman–Crippen LogP) is -1.95. The molecule has 0 saturated heterocycles. The molecule has 0 amide bonds. The fourth-order valence-electron chi connectivity index (χ4n) is 1.17. The highest BCUT2D eigenvalue weighted by atomic mass is 16.6. The molecule has 1 aromatic rings. The van der Waals surface area contributed by atoms with Gasteiger partial charge in [-0.25, -0.2) is 4.79 Å². The van der Waals surface area contributed by atoms with Gasteiger partial charge in [-0.05, 0) is 4.92 Å². The van der Waals surface area contributed by atoms with Gasteiger partial charge in [-0.2, -0.15) is 15.0 Å². The second kappa shape index (κ2) is 4.52. The van der Waals surface area contributed by atoms with Gasteiger partial charge in [0.2, 0.25) is 0 Å². The largest absolute Gasteiger partial charge is 0.413 e. The van der Waals surface area contributed by atoms with Gasteiger partial charge in [0.05, 0.1) is 0 Å². The van der Waals surface area contributed by atoms with Crippen molar-refractivity contribution in [2.75, 3.05) is 0 Å². The number of H-pyrrole nitrogens is 2. The molecule has 2 rings (SSSR count). The average Bonchev–Trinajstić information content (AvgIpc) is 2.85. The van der Waals surface area contributed by atoms with Gasteiger partial charge in [0.25, 0.3) is 5.84 Å². The number of aromatic amines is 2. The van der Waals surface area contributed by atoms with Crippen molar-refractivity contribution in [2.45, 2.75) is 0 Å². The number of rotatable bonds is 1. The molecule has 1 aliphatic heterocycles. The van der Waals surface area contributed by atoms with Gasteiger partial charge in [-0.3, -0.25) is 4.98 Å². The van der Waals surface area contributed by atoms with Crippen molar-refractivity contribution in [2.24, 2.45) is 31.4 Å². The first-order valence-electron chi connectivity index (χ1n) is 4.74. The zero-order valence-corrected chi connectivity index (χ0v) is 9.19. The van der Waals surface area contributed by atoms with Gasteiger partial charge in [-0.15, -0.1) is 0 Å². The maximum atomic E-state index is 10.8. The number of nitrogens with one attached hydrogen (secondary N) is 2. The number of hydrogen-bond acceptors (Lipinski definition) is 5. The van der Waals surface area contributed by atoms with Crippen LogP contribution >= 0.6 is 0 Å². The Morgan fingerprint density at radius 3 is 2.68 bits per heavy atom. The summed E-state index contributed by atoms with van der Waals surface area (Å²) < 4.78 is 0. The van der Waals surface area contributed by atoms with Crippen LogP contribution in [0.4, 0.5) is 5.82 Å². The van der Waals surface area contributed by atoms with Crippen LogP contribution in [-0.2, 0) is 0 Å². The van der Waals surface area contributed by atoms with Gasteiger partial charge in [0.15, 0.2) is 11.8 Å². The molecule has 0 saturated carbocycles. The van der Waals surface area contributed by atoms with Crippen LogP contribution in [-0.4, -0.2) is 38.5 Å². The zero-order chi connectivity index (χ0) is 14.0. The maximum Gasteiger partial charge on any atom is 0.413 e. The smallest absolute Gasteiger partial charge is 0.370 e. The topological polar surface area (TPSA) is 193 Å². The minimum absolute atomic E-state index is 0.112. The number of aromatic nitrogens is 2. The van der Waals surface area contributed by atoms with E-state index < -0.39 is 22.4 Å². The van der Waals surface area contributed by atoms with Gasteiger partial charge in [0, 0.05) is 11.2 Å². The Kier molecular flexibility index (Phi) is 2.89. The second-order valence-corrected chi connectivity index (χ2v) is 3.20. The molecule has 0 radical (unpaired) electrons. The molecule has 0 aliphatic carbocycles. The highest BCUT2D eigenvalue weighted by molar-refractivity contribution is 6.45. The predicted molar refractivity (Wildman–Crippen MR) is 66.2 cm³/mol. The van der Waals surface area contributed by atoms with E-state index in [1.54, 1.807) is 0 Å². The zero-order valence-electron chi connectivity index (χ0n) is 9.19. The Morgan fingerprint density at radius 1 is 1.42 bits per heavy atom. The summed E-state index contributed by atoms with van der Waals surface area (Å²) >= 11 is 0. The van der Waals surface area contributed by atoms with E-state index in [9.17, 15) is 14.9 Å². The standard InChI is InChI=1S/C7H7N9O3/c8-5(9)13-3-4(16(18)19)15-6(14-3)11-2-1-10-7(17)12-2/h1H,(H2,10,12,17)(H4,8,9,11,13,14). The quantitative estimate of drug-likeness (QED) is 0.198. The Bertz CT molecular complexity index is 699. The lowest BCUT2D eigenvalue weighted by atomic mass is 10.5. The van der Waals surface area contributed by atoms with E-state index in [0.29, 0.717) is 0 Å². The van der Waals surface area contributed by atoms with E-state index in [4.69, 9.17) is 11.5 Å². The molecule has 0 fully saturated rings. The van der Waals surface area contributed by atoms with Crippen molar-refractivity contribution in [3.63, 3.8) is 0 Å². The molecule has 0 spiro atoms. The maximum absolute atomic E-state index is 10.8. The van der Waals surface area contributed by atoms with E-state index in [1.807, 2.05) is 0 Å². The Hall–Kier alpha value is -3.31. The minimum Gasteiger partial charge on any atom is -0.370 e. The van der Waals surface area contributed by atoms with E-state index >= 15 is 0 Å². The van der Waals surface area contributed by atoms with Gasteiger partial charge in [0.1, 0.15) is 0 Å². The van der Waals surface area contributed by atoms with Crippen LogP contribution < -0.4 is 17.2 Å². The number of hydrogen-bond donors (Lipinski definition) is 4. The van der Waals surface area contributed by atoms with Gasteiger partial charge in [-0.1, -0.05) is 0 Å². The van der Waals surface area contributed by atoms with Crippen molar-refractivity contribution in [3.8, 4) is 0 Å². The number of nitro groups is 1. The summed E-state index contributed by atoms with van der Waals surface area (Å²) in [6.07, 6.45) is 1.25. The Balaban J connectivity index is 2.42. The highest BCUT2D eigenvalue weighted by Gasteiger charge is 2.31. The summed E-state index contributed by atoms with van der Waals surface area (Å²) in [6.45, 7) is 0. The molecule has 19 heavy (non-hydrogen) atoms. The average molecular weight is 265 g/mol. The number of nitrogens with two attached hydrogens (primary N) is 2. The third-order valence-electron chi connectivity index (χ3n) is 1.82. The number of imidazole rings is 1. The summed E-state index contributed by atoms with van der Waals surface area (Å²) in [5.41, 5.74) is 9.74. The number of guanidine groups is 2. The first-order chi connectivity index (χ1) is 8.95. The SMILES string of the molecule is NC(N)=NC1=NC(=Nc2c[nH]c(=O)[nH]2)N=C1[N+](=O)[O-]. The molecule has 12 nitrogen and oxygen atoms in total. The van der Waals surface area contributed by atoms with Crippen molar-refractivity contribution in [1.82, 2.24) is 9.97 Å². The Labute approximate surface area is 103 Å². The van der Waals surface area contributed by atoms with E-state index in [2.05, 4.69) is 29.9 Å². The third-order valence-corrected chi connectivity index (χ3v) is 1.82. The Morgan fingerprint density at radius 2 is 2.16 bits per heavy atom. The summed E-state index contributed by atoms with van der Waals surface area (Å²) in [6, 6.07) is 0. The molecule has 98 valence electrons. The number of amidine groups is 2. The van der Waals surface area contributed by atoms with Crippen LogP contribution in [0.15, 0.2) is 31.0 Å². The fraction of sp³-hybridized carbons (Fsp3) is 0. The van der Waals surface area contributed by atoms with Crippen LogP contribution in [0.25, 0.3) is 0 Å². The highest BCUT2D eigenvalue weighted by Crippen LogP contribution is 2.08. The van der Waals surface area contributed by atoms with Crippen molar-refractivity contribution in [1.29, 1.82) is 0 Å². The molecular formula is C7H7N9O3. The lowest BCUT2D eigenvalue weighted by molar-refractivity contribution is -0.345. The molecule has 0 bridgehead atoms. The van der Waals surface area contributed by atoms with E-state index in [0.717, 1.165) is 0 Å². The van der Waals surface area contributed by atoms with Crippen LogP contribution in [0.2, 0.25) is 0 Å². The molecule has 2 heterocycles. The third kappa shape index (κ3) is 2.68. The summed E-state index contributed by atoms with van der Waals surface area (Å²) in [5, 5.41) is 10.7. The second-order valence-electron chi connectivity index (χ2n) is 3.20. The molecule has 12 heteroatoms. The summed E-state index contributed by atoms with van der Waals surface area (Å²) in [5.74, 6) is -1.53. The number of aliphatic imine (C=N–C) groups is 4. The van der Waals surface area contributed by atoms with Crippen LogP contribution in [0, 0.1) is 10.1 Å². The van der Waals surface area contributed by atoms with Crippen LogP contribution in [0.5, 0.6) is 0 Å². The molecule has 1 aliphatic rings. The summed E-state index contributed by atoms with van der Waals surface area (Å²) in [4.78, 5) is 39.8. The van der Waals surface area contributed by atoms with Gasteiger partial charge < -0.3 is 26.6 Å². The van der Waals surface area contributed by atoms with Gasteiger partial charge >= 0.3 is 17.5 Å². The molecular weight excluding hydrogens is 258 g/mol. The first-order valence-corrected chi connectivity index (χ1v) is 4.74. The van der Waals surface area contributed by atoms with Crippen molar-refractivity contribution < 1.29 is 4.92 Å². The fourth-order valence-corrected chi connectivity index (χ4v) is 1.17. The lowest BCUT2D eigenvalue weighted by Crippen LogP contribution is -2.27. The van der Waals surface area contributed by atoms with Crippen LogP contribution in [0.1, 0.15) is 0 Å². The first kappa shape index (κ1) is 12.2. The molecule has 6 N–H and O–H groups in total. The minimum atomic E-state index is -0.798. The molecule has 0 unspecified atom stereocenters. The number of nitrogens with zero attached hydrogens (tertiary/aromatic N) is 5. The summed E-state index contributed by atoms with van der Waals surface area (Å²) in [7, 11) is 0. The molecule has 0 aromatic carbocycles. The molecule has 1 aromatic heterocycles. The van der Waals surface area contributed by atoms with E-state index in [-0.39, 0.29) is 17.6 Å². The molecule has 0 atom stereocenters. The van der Waals surface area contributed by atoms with E-state index in [1.165, 1.54) is 6.20 Å². The van der Waals surface area contributed by atoms with Crippen LogP contribution in [0.3, 0.4) is 0 Å². The van der Waals surface area contributed by atoms with Crippen molar-refractivity contribution in [3.05, 3.63) is 26.8 Å². The monoisotopic (exact) mass is 265 g/mol. The van der Waals surface area contributed by atoms with Crippen molar-refractivity contribution >= 4 is 29.4 Å².